The Hall–Kier alpha value is -0.730. The van der Waals surface area contributed by atoms with E-state index in [9.17, 15) is 4.79 Å². The number of carbonyl (C=O) groups is 1. The second-order valence-corrected chi connectivity index (χ2v) is 8.20. The molecule has 0 unspecified atom stereocenters. The average Bonchev–Trinajstić information content (AvgIpc) is 2.62. The molecule has 0 spiro atoms. The topological polar surface area (TPSA) is 26.3 Å². The van der Waals surface area contributed by atoms with Crippen LogP contribution in [0.4, 0.5) is 0 Å². The summed E-state index contributed by atoms with van der Waals surface area (Å²) in [6.07, 6.45) is 13.9. The van der Waals surface area contributed by atoms with Crippen LogP contribution in [0.2, 0.25) is 0 Å². The van der Waals surface area contributed by atoms with Gasteiger partial charge < -0.3 is 4.74 Å². The monoisotopic (exact) mass is 386 g/mol. The Morgan fingerprint density at radius 2 is 1.32 bits per heavy atom. The maximum Gasteiger partial charge on any atom is 0.342 e. The van der Waals surface area contributed by atoms with Gasteiger partial charge in [-0.2, -0.15) is 0 Å². The van der Waals surface area contributed by atoms with Gasteiger partial charge in [-0.05, 0) is 31.2 Å². The Kier molecular flexibility index (Phi) is 12.0. The van der Waals surface area contributed by atoms with Gasteiger partial charge in [0, 0.05) is 0 Å². The van der Waals surface area contributed by atoms with Gasteiger partial charge in [-0.15, -0.1) is 0 Å². The van der Waals surface area contributed by atoms with Gasteiger partial charge in [-0.25, -0.2) is 4.79 Å². The molecule has 1 aromatic carbocycles. The Labute approximate surface area is 163 Å². The fourth-order valence-electron chi connectivity index (χ4n) is 2.99. The number of ether oxygens (including phenoxy) is 1. The summed E-state index contributed by atoms with van der Waals surface area (Å²) in [7, 11) is 1.31. The molecule has 0 amide bonds. The molecule has 0 aliphatic heterocycles. The zero-order chi connectivity index (χ0) is 18.4. The number of hydrogen-bond donors (Lipinski definition) is 0. The lowest BCUT2D eigenvalue weighted by molar-refractivity contribution is -0.141. The van der Waals surface area contributed by atoms with Crippen LogP contribution in [0.5, 0.6) is 0 Å². The first-order chi connectivity index (χ1) is 12.1. The normalized spacial score (nSPS) is 11.5. The van der Waals surface area contributed by atoms with Crippen molar-refractivity contribution in [3.8, 4) is 0 Å². The number of unbranched alkanes of at least 4 members (excludes halogenated alkanes) is 9. The fourth-order valence-corrected chi connectivity index (χ4v) is 3.41. The molecule has 142 valence electrons. The number of hydrogen-bond acceptors (Lipinski definition) is 2. The maximum atomic E-state index is 11.3. The molecular weight excluding hydrogens is 355 g/mol. The molecule has 0 aliphatic carbocycles. The van der Waals surface area contributed by atoms with E-state index in [4.69, 9.17) is 23.2 Å². The summed E-state index contributed by atoms with van der Waals surface area (Å²) in [5.74, 6) is -0.553. The van der Waals surface area contributed by atoms with E-state index in [0.717, 1.165) is 12.8 Å². The molecular formula is C21H32Cl2O2. The smallest absolute Gasteiger partial charge is 0.342 e. The van der Waals surface area contributed by atoms with Crippen LogP contribution in [0.25, 0.3) is 0 Å². The number of alkyl halides is 2. The number of rotatable bonds is 14. The predicted octanol–water partition coefficient (Wildman–Crippen LogP) is 6.87. The van der Waals surface area contributed by atoms with Crippen molar-refractivity contribution in [2.24, 2.45) is 0 Å². The lowest BCUT2D eigenvalue weighted by atomic mass is 10.0. The Balaban J connectivity index is 1.85. The zero-order valence-electron chi connectivity index (χ0n) is 15.4. The standard InChI is InChI=1S/C21H32Cl2O2/c1-25-20(24)21(22,23)18-14-9-7-5-3-2-4-6-8-11-15-19-16-12-10-13-17-19/h10,12-13,16-17H,2-9,11,14-15,18H2,1H3. The van der Waals surface area contributed by atoms with Gasteiger partial charge in [-0.3, -0.25) is 0 Å². The van der Waals surface area contributed by atoms with Crippen molar-refractivity contribution in [2.45, 2.75) is 81.4 Å². The number of aryl methyl sites for hydroxylation is 1. The average molecular weight is 387 g/mol. The van der Waals surface area contributed by atoms with Gasteiger partial charge in [0.25, 0.3) is 0 Å². The van der Waals surface area contributed by atoms with E-state index in [-0.39, 0.29) is 0 Å². The van der Waals surface area contributed by atoms with Gasteiger partial charge >= 0.3 is 5.97 Å². The van der Waals surface area contributed by atoms with Crippen molar-refractivity contribution in [3.05, 3.63) is 35.9 Å². The van der Waals surface area contributed by atoms with Crippen LogP contribution >= 0.6 is 23.2 Å². The van der Waals surface area contributed by atoms with Crippen LogP contribution in [0.3, 0.4) is 0 Å². The molecule has 0 heterocycles. The number of halogens is 2. The van der Waals surface area contributed by atoms with Crippen molar-refractivity contribution in [3.63, 3.8) is 0 Å². The van der Waals surface area contributed by atoms with Crippen molar-refractivity contribution < 1.29 is 9.53 Å². The molecule has 0 aromatic heterocycles. The molecule has 0 aliphatic rings. The highest BCUT2D eigenvalue weighted by molar-refractivity contribution is 6.57. The number of methoxy groups -OCH3 is 1. The summed E-state index contributed by atoms with van der Waals surface area (Å²) in [6.45, 7) is 0. The Morgan fingerprint density at radius 1 is 0.840 bits per heavy atom. The maximum absolute atomic E-state index is 11.3. The number of benzene rings is 1. The predicted molar refractivity (Wildman–Crippen MR) is 107 cm³/mol. The van der Waals surface area contributed by atoms with Crippen LogP contribution in [0, 0.1) is 0 Å². The third-order valence-corrected chi connectivity index (χ3v) is 5.22. The highest BCUT2D eigenvalue weighted by atomic mass is 35.5. The molecule has 0 saturated carbocycles. The summed E-state index contributed by atoms with van der Waals surface area (Å²) in [5.41, 5.74) is 1.45. The molecule has 0 saturated heterocycles. The van der Waals surface area contributed by atoms with E-state index in [1.54, 1.807) is 0 Å². The van der Waals surface area contributed by atoms with Crippen molar-refractivity contribution in [2.75, 3.05) is 7.11 Å². The molecule has 0 bridgehead atoms. The second kappa shape index (κ2) is 13.5. The fraction of sp³-hybridized carbons (Fsp3) is 0.667. The highest BCUT2D eigenvalue weighted by Crippen LogP contribution is 2.29. The van der Waals surface area contributed by atoms with Crippen LogP contribution in [-0.4, -0.2) is 17.4 Å². The van der Waals surface area contributed by atoms with Crippen molar-refractivity contribution in [1.82, 2.24) is 0 Å². The minimum atomic E-state index is -1.38. The van der Waals surface area contributed by atoms with Gasteiger partial charge in [0.2, 0.25) is 4.33 Å². The van der Waals surface area contributed by atoms with E-state index < -0.39 is 10.3 Å². The van der Waals surface area contributed by atoms with Crippen molar-refractivity contribution in [1.29, 1.82) is 0 Å². The van der Waals surface area contributed by atoms with E-state index in [2.05, 4.69) is 35.1 Å². The molecule has 4 heteroatoms. The third kappa shape index (κ3) is 10.8. The minimum absolute atomic E-state index is 0.462. The quantitative estimate of drug-likeness (QED) is 0.198. The molecule has 0 radical (unpaired) electrons. The lowest BCUT2D eigenvalue weighted by Crippen LogP contribution is -2.27. The van der Waals surface area contributed by atoms with Crippen LogP contribution < -0.4 is 0 Å². The third-order valence-electron chi connectivity index (χ3n) is 4.53. The molecule has 0 N–H and O–H groups in total. The van der Waals surface area contributed by atoms with E-state index in [1.165, 1.54) is 70.5 Å². The summed E-state index contributed by atoms with van der Waals surface area (Å²) < 4.78 is 3.21. The molecule has 0 fully saturated rings. The first kappa shape index (κ1) is 22.3. The van der Waals surface area contributed by atoms with Gasteiger partial charge in [0.1, 0.15) is 0 Å². The highest BCUT2D eigenvalue weighted by Gasteiger charge is 2.33. The number of esters is 1. The summed E-state index contributed by atoms with van der Waals surface area (Å²) in [6, 6.07) is 10.7. The molecule has 1 rings (SSSR count). The van der Waals surface area contributed by atoms with E-state index >= 15 is 0 Å². The van der Waals surface area contributed by atoms with Gasteiger partial charge in [0.15, 0.2) is 0 Å². The van der Waals surface area contributed by atoms with E-state index in [1.807, 2.05) is 0 Å². The second-order valence-electron chi connectivity index (χ2n) is 6.72. The van der Waals surface area contributed by atoms with Crippen molar-refractivity contribution >= 4 is 29.2 Å². The summed E-state index contributed by atoms with van der Waals surface area (Å²) in [4.78, 5) is 11.3. The van der Waals surface area contributed by atoms with Gasteiger partial charge in [0.05, 0.1) is 7.11 Å². The number of carbonyl (C=O) groups excluding carboxylic acids is 1. The first-order valence-electron chi connectivity index (χ1n) is 9.56. The molecule has 0 atom stereocenters. The van der Waals surface area contributed by atoms with Crippen LogP contribution in [-0.2, 0) is 16.0 Å². The van der Waals surface area contributed by atoms with Gasteiger partial charge in [-0.1, -0.05) is 105 Å². The summed E-state index contributed by atoms with van der Waals surface area (Å²) in [5, 5.41) is 0. The largest absolute Gasteiger partial charge is 0.467 e. The molecule has 25 heavy (non-hydrogen) atoms. The van der Waals surface area contributed by atoms with E-state index in [0.29, 0.717) is 6.42 Å². The zero-order valence-corrected chi connectivity index (χ0v) is 17.0. The lowest BCUT2D eigenvalue weighted by Gasteiger charge is -2.15. The Morgan fingerprint density at radius 3 is 1.84 bits per heavy atom. The summed E-state index contributed by atoms with van der Waals surface area (Å²) >= 11 is 11.9. The first-order valence-corrected chi connectivity index (χ1v) is 10.3. The molecule has 1 aromatic rings. The minimum Gasteiger partial charge on any atom is -0.467 e. The Bertz CT molecular complexity index is 460. The van der Waals surface area contributed by atoms with Crippen LogP contribution in [0.15, 0.2) is 30.3 Å². The van der Waals surface area contributed by atoms with Crippen LogP contribution in [0.1, 0.15) is 76.2 Å². The SMILES string of the molecule is COC(=O)C(Cl)(Cl)CCCCCCCCCCCCc1ccccc1. The molecule has 2 nitrogen and oxygen atoms in total.